The SMILES string of the molecule is CC[C@@H]1CN(C(=O)c2cc3cc(NC(=O)c4cc5cc(N)ccc5[nH]4)ccc3[nH]2)c2cc(O)c3ccccc3c21. The van der Waals surface area contributed by atoms with Gasteiger partial charge in [-0.3, -0.25) is 9.59 Å². The Morgan fingerprint density at radius 2 is 1.62 bits per heavy atom. The van der Waals surface area contributed by atoms with Crippen molar-refractivity contribution < 1.29 is 14.7 Å². The van der Waals surface area contributed by atoms with Gasteiger partial charge in [-0.05, 0) is 65.9 Å². The molecule has 0 aliphatic carbocycles. The molecule has 0 fully saturated rings. The van der Waals surface area contributed by atoms with Gasteiger partial charge in [-0.2, -0.15) is 0 Å². The van der Waals surface area contributed by atoms with Gasteiger partial charge in [0.25, 0.3) is 11.8 Å². The van der Waals surface area contributed by atoms with Crippen molar-refractivity contribution in [3.05, 3.63) is 95.8 Å². The van der Waals surface area contributed by atoms with Crippen LogP contribution < -0.4 is 16.0 Å². The van der Waals surface area contributed by atoms with Crippen LogP contribution >= 0.6 is 0 Å². The van der Waals surface area contributed by atoms with Crippen molar-refractivity contribution in [3.8, 4) is 5.75 Å². The first-order valence-electron chi connectivity index (χ1n) is 13.3. The summed E-state index contributed by atoms with van der Waals surface area (Å²) in [5.74, 6) is -0.0885. The van der Waals surface area contributed by atoms with Gasteiger partial charge in [0.05, 0.1) is 5.69 Å². The highest BCUT2D eigenvalue weighted by Gasteiger charge is 2.34. The maximum Gasteiger partial charge on any atom is 0.274 e. The lowest BCUT2D eigenvalue weighted by atomic mass is 9.93. The summed E-state index contributed by atoms with van der Waals surface area (Å²) in [4.78, 5) is 34.8. The molecule has 0 saturated carbocycles. The van der Waals surface area contributed by atoms with E-state index < -0.39 is 0 Å². The molecule has 8 nitrogen and oxygen atoms in total. The first-order valence-corrected chi connectivity index (χ1v) is 13.3. The summed E-state index contributed by atoms with van der Waals surface area (Å²) in [6.07, 6.45) is 0.880. The van der Waals surface area contributed by atoms with Crippen molar-refractivity contribution in [1.29, 1.82) is 0 Å². The summed E-state index contributed by atoms with van der Waals surface area (Å²) in [6, 6.07) is 24.0. The molecular formula is C32H27N5O3. The summed E-state index contributed by atoms with van der Waals surface area (Å²) in [7, 11) is 0. The molecule has 0 radical (unpaired) electrons. The third kappa shape index (κ3) is 3.76. The van der Waals surface area contributed by atoms with E-state index in [1.54, 1.807) is 35.2 Å². The number of carbonyl (C=O) groups excluding carboxylic acids is 2. The molecule has 8 heteroatoms. The first kappa shape index (κ1) is 23.8. The summed E-state index contributed by atoms with van der Waals surface area (Å²) < 4.78 is 0. The molecule has 0 saturated heterocycles. The number of benzene rings is 4. The molecule has 6 N–H and O–H groups in total. The van der Waals surface area contributed by atoms with Crippen LogP contribution in [0.4, 0.5) is 17.1 Å². The number of aromatic hydroxyl groups is 1. The van der Waals surface area contributed by atoms with Crippen LogP contribution in [0.3, 0.4) is 0 Å². The molecule has 0 spiro atoms. The number of hydrogen-bond acceptors (Lipinski definition) is 4. The minimum Gasteiger partial charge on any atom is -0.507 e. The van der Waals surface area contributed by atoms with Crippen molar-refractivity contribution in [2.75, 3.05) is 22.5 Å². The summed E-state index contributed by atoms with van der Waals surface area (Å²) in [5.41, 5.74) is 11.5. The van der Waals surface area contributed by atoms with E-state index in [2.05, 4.69) is 22.2 Å². The second-order valence-electron chi connectivity index (χ2n) is 10.4. The lowest BCUT2D eigenvalue weighted by Crippen LogP contribution is -2.30. The smallest absolute Gasteiger partial charge is 0.274 e. The normalized spacial score (nSPS) is 14.7. The number of nitrogens with one attached hydrogen (secondary N) is 3. The highest BCUT2D eigenvalue weighted by atomic mass is 16.3. The van der Waals surface area contributed by atoms with Gasteiger partial charge in [0.15, 0.2) is 0 Å². The number of H-pyrrole nitrogens is 2. The topological polar surface area (TPSA) is 127 Å². The van der Waals surface area contributed by atoms with Crippen LogP contribution in [0.2, 0.25) is 0 Å². The number of aromatic amines is 2. The molecule has 4 aromatic carbocycles. The van der Waals surface area contributed by atoms with Gasteiger partial charge in [-0.15, -0.1) is 0 Å². The Morgan fingerprint density at radius 1 is 0.925 bits per heavy atom. The minimum absolute atomic E-state index is 0.161. The van der Waals surface area contributed by atoms with E-state index in [1.807, 2.05) is 48.5 Å². The zero-order chi connectivity index (χ0) is 27.5. The fourth-order valence-electron chi connectivity index (χ4n) is 5.90. The Balaban J connectivity index is 1.18. The fourth-order valence-corrected chi connectivity index (χ4v) is 5.90. The Kier molecular flexibility index (Phi) is 5.31. The minimum atomic E-state index is -0.271. The molecule has 198 valence electrons. The average molecular weight is 530 g/mol. The highest BCUT2D eigenvalue weighted by Crippen LogP contribution is 2.46. The number of carbonyl (C=O) groups is 2. The van der Waals surface area contributed by atoms with E-state index in [0.717, 1.165) is 50.2 Å². The van der Waals surface area contributed by atoms with Gasteiger partial charge in [0.2, 0.25) is 0 Å². The van der Waals surface area contributed by atoms with Crippen molar-refractivity contribution in [2.45, 2.75) is 19.3 Å². The van der Waals surface area contributed by atoms with Gasteiger partial charge < -0.3 is 31.0 Å². The molecule has 1 aliphatic rings. The van der Waals surface area contributed by atoms with Gasteiger partial charge in [0, 0.05) is 57.1 Å². The molecule has 0 bridgehead atoms. The second-order valence-corrected chi connectivity index (χ2v) is 10.4. The average Bonchev–Trinajstić information content (AvgIpc) is 3.67. The maximum absolute atomic E-state index is 13.8. The van der Waals surface area contributed by atoms with E-state index >= 15 is 0 Å². The van der Waals surface area contributed by atoms with E-state index in [4.69, 9.17) is 5.73 Å². The number of phenolic OH excluding ortho intramolecular Hbond substituents is 1. The molecule has 7 rings (SSSR count). The number of anilines is 3. The van der Waals surface area contributed by atoms with Crippen molar-refractivity contribution in [3.63, 3.8) is 0 Å². The number of aromatic nitrogens is 2. The van der Waals surface area contributed by atoms with Crippen molar-refractivity contribution in [1.82, 2.24) is 9.97 Å². The summed E-state index contributed by atoms with van der Waals surface area (Å²) in [6.45, 7) is 2.67. The third-order valence-corrected chi connectivity index (χ3v) is 7.88. The molecule has 1 atom stereocenters. The zero-order valence-electron chi connectivity index (χ0n) is 21.8. The largest absolute Gasteiger partial charge is 0.507 e. The zero-order valence-corrected chi connectivity index (χ0v) is 21.8. The molecule has 40 heavy (non-hydrogen) atoms. The molecule has 2 aromatic heterocycles. The van der Waals surface area contributed by atoms with Crippen LogP contribution in [0.5, 0.6) is 5.75 Å². The number of fused-ring (bicyclic) bond motifs is 5. The van der Waals surface area contributed by atoms with E-state index in [9.17, 15) is 14.7 Å². The maximum atomic E-state index is 13.8. The lowest BCUT2D eigenvalue weighted by Gasteiger charge is -2.17. The third-order valence-electron chi connectivity index (χ3n) is 7.88. The second kappa shape index (κ2) is 8.91. The standard InChI is InChI=1S/C32H27N5O3/c1-2-17-16-37(28-15-29(38)22-5-3-4-6-23(22)30(17)28)32(40)27-14-19-12-21(8-10-25(19)36-27)34-31(39)26-13-18-11-20(33)7-9-24(18)35-26/h3-15,17,35-36,38H,2,16,33H2,1H3,(H,34,39)/t17-/m1/s1. The fraction of sp³-hybridized carbons (Fsp3) is 0.125. The van der Waals surface area contributed by atoms with E-state index in [-0.39, 0.29) is 23.5 Å². The number of nitrogens with two attached hydrogens (primary N) is 1. The molecule has 1 aliphatic heterocycles. The number of hydrogen-bond donors (Lipinski definition) is 5. The van der Waals surface area contributed by atoms with Gasteiger partial charge in [0.1, 0.15) is 17.1 Å². The molecular weight excluding hydrogens is 502 g/mol. The van der Waals surface area contributed by atoms with Crippen LogP contribution in [-0.2, 0) is 0 Å². The summed E-state index contributed by atoms with van der Waals surface area (Å²) in [5, 5.41) is 17.1. The van der Waals surface area contributed by atoms with Gasteiger partial charge >= 0.3 is 0 Å². The Morgan fingerprint density at radius 3 is 2.42 bits per heavy atom. The number of nitrogen functional groups attached to an aromatic ring is 1. The number of rotatable bonds is 4. The molecule has 0 unspecified atom stereocenters. The lowest BCUT2D eigenvalue weighted by molar-refractivity contribution is 0.0982. The predicted molar refractivity (Wildman–Crippen MR) is 159 cm³/mol. The van der Waals surface area contributed by atoms with E-state index in [1.165, 1.54) is 0 Å². The number of phenols is 1. The van der Waals surface area contributed by atoms with Gasteiger partial charge in [-0.1, -0.05) is 31.2 Å². The van der Waals surface area contributed by atoms with Crippen LogP contribution in [-0.4, -0.2) is 33.4 Å². The monoisotopic (exact) mass is 529 g/mol. The number of amides is 2. The molecule has 2 amide bonds. The van der Waals surface area contributed by atoms with Crippen LogP contribution in [0.15, 0.2) is 78.9 Å². The van der Waals surface area contributed by atoms with Gasteiger partial charge in [-0.25, -0.2) is 0 Å². The van der Waals surface area contributed by atoms with Crippen LogP contribution in [0, 0.1) is 0 Å². The van der Waals surface area contributed by atoms with Crippen molar-refractivity contribution in [2.24, 2.45) is 0 Å². The molecule has 3 heterocycles. The van der Waals surface area contributed by atoms with Crippen LogP contribution in [0.1, 0.15) is 45.8 Å². The number of nitrogens with zero attached hydrogens (tertiary/aromatic N) is 1. The van der Waals surface area contributed by atoms with E-state index in [0.29, 0.717) is 29.3 Å². The Hall–Kier alpha value is -5.24. The van der Waals surface area contributed by atoms with Crippen LogP contribution in [0.25, 0.3) is 32.6 Å². The Labute approximate surface area is 229 Å². The summed E-state index contributed by atoms with van der Waals surface area (Å²) >= 11 is 0. The first-order chi connectivity index (χ1) is 19.4. The molecule has 6 aromatic rings. The van der Waals surface area contributed by atoms with Crippen molar-refractivity contribution >= 4 is 61.5 Å². The Bertz CT molecular complexity index is 1990. The quantitative estimate of drug-likeness (QED) is 0.167. The predicted octanol–water partition coefficient (Wildman–Crippen LogP) is 6.50. The highest BCUT2D eigenvalue weighted by molar-refractivity contribution is 6.12.